The molecule has 2 unspecified atom stereocenters. The van der Waals surface area contributed by atoms with Gasteiger partial charge in [0.1, 0.15) is 5.54 Å². The van der Waals surface area contributed by atoms with Gasteiger partial charge in [-0.2, -0.15) is 11.8 Å². The van der Waals surface area contributed by atoms with Gasteiger partial charge in [0, 0.05) is 11.8 Å². The average molecular weight is 205 g/mol. The summed E-state index contributed by atoms with van der Waals surface area (Å²) in [7, 11) is 0. The van der Waals surface area contributed by atoms with E-state index in [1.54, 1.807) is 18.7 Å². The molecule has 0 aromatic rings. The Hall–Kier alpha value is -0.260. The molecular formula is C8H15NO3S. The Morgan fingerprint density at radius 1 is 1.77 bits per heavy atom. The number of hydrogen-bond acceptors (Lipinski definition) is 4. The van der Waals surface area contributed by atoms with Gasteiger partial charge in [-0.15, -0.1) is 0 Å². The van der Waals surface area contributed by atoms with Crippen LogP contribution in [0.4, 0.5) is 0 Å². The summed E-state index contributed by atoms with van der Waals surface area (Å²) in [6, 6.07) is -0.158. The molecule has 1 heterocycles. The standard InChI is InChI=1S/C8H15NO3S/c1-6(4-10)9-8(7(11)12)2-3-13-5-8/h6,9-10H,2-5H2,1H3,(H,11,12). The van der Waals surface area contributed by atoms with Crippen molar-refractivity contribution in [2.75, 3.05) is 18.1 Å². The van der Waals surface area contributed by atoms with Crippen LogP contribution in [0.1, 0.15) is 13.3 Å². The Labute approximate surface area is 81.7 Å². The average Bonchev–Trinajstić information content (AvgIpc) is 2.54. The van der Waals surface area contributed by atoms with Gasteiger partial charge in [0.25, 0.3) is 0 Å². The third-order valence-corrected chi connectivity index (χ3v) is 3.42. The summed E-state index contributed by atoms with van der Waals surface area (Å²) in [5.74, 6) is 0.655. The van der Waals surface area contributed by atoms with Gasteiger partial charge in [0.15, 0.2) is 0 Å². The number of aliphatic hydroxyl groups excluding tert-OH is 1. The molecule has 1 aliphatic rings. The number of carbonyl (C=O) groups is 1. The molecule has 0 aromatic heterocycles. The molecule has 5 heteroatoms. The van der Waals surface area contributed by atoms with Crippen LogP contribution < -0.4 is 5.32 Å². The Morgan fingerprint density at radius 3 is 2.85 bits per heavy atom. The van der Waals surface area contributed by atoms with Crippen LogP contribution in [-0.2, 0) is 4.79 Å². The fourth-order valence-electron chi connectivity index (χ4n) is 1.43. The number of carboxylic acids is 1. The summed E-state index contributed by atoms with van der Waals surface area (Å²) in [5.41, 5.74) is -0.813. The van der Waals surface area contributed by atoms with E-state index in [9.17, 15) is 4.79 Å². The molecule has 4 nitrogen and oxygen atoms in total. The van der Waals surface area contributed by atoms with Crippen LogP contribution in [0.15, 0.2) is 0 Å². The van der Waals surface area contributed by atoms with Crippen molar-refractivity contribution in [3.05, 3.63) is 0 Å². The highest BCUT2D eigenvalue weighted by atomic mass is 32.2. The first-order valence-corrected chi connectivity index (χ1v) is 5.46. The second-order valence-corrected chi connectivity index (χ2v) is 4.52. The molecule has 1 fully saturated rings. The molecule has 0 radical (unpaired) electrons. The molecule has 0 bridgehead atoms. The lowest BCUT2D eigenvalue weighted by Gasteiger charge is -2.27. The number of nitrogens with one attached hydrogen (secondary N) is 1. The van der Waals surface area contributed by atoms with E-state index in [-0.39, 0.29) is 12.6 Å². The maximum atomic E-state index is 11.0. The minimum atomic E-state index is -0.813. The van der Waals surface area contributed by atoms with E-state index in [1.165, 1.54) is 0 Å². The van der Waals surface area contributed by atoms with E-state index in [1.807, 2.05) is 0 Å². The Kier molecular flexibility index (Phi) is 3.58. The molecule has 3 N–H and O–H groups in total. The first-order chi connectivity index (χ1) is 6.10. The maximum Gasteiger partial charge on any atom is 0.324 e. The molecule has 1 aliphatic heterocycles. The lowest BCUT2D eigenvalue weighted by Crippen LogP contribution is -2.56. The smallest absolute Gasteiger partial charge is 0.324 e. The van der Waals surface area contributed by atoms with Crippen LogP contribution in [0.2, 0.25) is 0 Å². The summed E-state index contributed by atoms with van der Waals surface area (Å²) in [5, 5.41) is 20.9. The topological polar surface area (TPSA) is 69.6 Å². The zero-order chi connectivity index (χ0) is 9.90. The molecular weight excluding hydrogens is 190 g/mol. The van der Waals surface area contributed by atoms with Gasteiger partial charge in [0.05, 0.1) is 6.61 Å². The van der Waals surface area contributed by atoms with Gasteiger partial charge >= 0.3 is 5.97 Å². The van der Waals surface area contributed by atoms with Crippen LogP contribution in [-0.4, -0.2) is 45.9 Å². The molecule has 0 saturated carbocycles. The van der Waals surface area contributed by atoms with Gasteiger partial charge in [-0.3, -0.25) is 10.1 Å². The first-order valence-electron chi connectivity index (χ1n) is 4.30. The number of hydrogen-bond donors (Lipinski definition) is 3. The van der Waals surface area contributed by atoms with Crippen LogP contribution >= 0.6 is 11.8 Å². The van der Waals surface area contributed by atoms with Crippen LogP contribution in [0.25, 0.3) is 0 Å². The normalized spacial score (nSPS) is 30.3. The SMILES string of the molecule is CC(CO)NC1(C(=O)O)CCSC1. The predicted molar refractivity (Wildman–Crippen MR) is 52.0 cm³/mol. The quantitative estimate of drug-likeness (QED) is 0.599. The molecule has 0 aliphatic carbocycles. The molecule has 0 spiro atoms. The fourth-order valence-corrected chi connectivity index (χ4v) is 2.76. The Balaban J connectivity index is 2.62. The fraction of sp³-hybridized carbons (Fsp3) is 0.875. The lowest BCUT2D eigenvalue weighted by molar-refractivity contribution is -0.144. The zero-order valence-corrected chi connectivity index (χ0v) is 8.43. The Bertz CT molecular complexity index is 192. The number of aliphatic carboxylic acids is 1. The largest absolute Gasteiger partial charge is 0.480 e. The third kappa shape index (κ3) is 2.36. The van der Waals surface area contributed by atoms with Crippen molar-refractivity contribution in [1.29, 1.82) is 0 Å². The maximum absolute atomic E-state index is 11.0. The molecule has 76 valence electrons. The summed E-state index contributed by atoms with van der Waals surface area (Å²) in [4.78, 5) is 11.0. The highest BCUT2D eigenvalue weighted by molar-refractivity contribution is 7.99. The zero-order valence-electron chi connectivity index (χ0n) is 7.62. The minimum Gasteiger partial charge on any atom is -0.480 e. The summed E-state index contributed by atoms with van der Waals surface area (Å²) in [6.07, 6.45) is 0.636. The summed E-state index contributed by atoms with van der Waals surface area (Å²) >= 11 is 1.64. The Morgan fingerprint density at radius 2 is 2.46 bits per heavy atom. The van der Waals surface area contributed by atoms with Crippen LogP contribution in [0, 0.1) is 0 Å². The van der Waals surface area contributed by atoms with Gasteiger partial charge in [0.2, 0.25) is 0 Å². The highest BCUT2D eigenvalue weighted by Gasteiger charge is 2.42. The van der Waals surface area contributed by atoms with Crippen molar-refractivity contribution < 1.29 is 15.0 Å². The van der Waals surface area contributed by atoms with Crippen molar-refractivity contribution in [3.63, 3.8) is 0 Å². The monoisotopic (exact) mass is 205 g/mol. The van der Waals surface area contributed by atoms with Gasteiger partial charge in [-0.05, 0) is 19.1 Å². The summed E-state index contributed by atoms with van der Waals surface area (Å²) in [6.45, 7) is 1.76. The van der Waals surface area contributed by atoms with Crippen molar-refractivity contribution >= 4 is 17.7 Å². The lowest BCUT2D eigenvalue weighted by atomic mass is 9.98. The molecule has 1 saturated heterocycles. The number of rotatable bonds is 4. The number of carboxylic acid groups (broad SMARTS) is 1. The minimum absolute atomic E-state index is 0.0281. The van der Waals surface area contributed by atoms with Crippen molar-refractivity contribution in [1.82, 2.24) is 5.32 Å². The second kappa shape index (κ2) is 4.30. The number of aliphatic hydroxyl groups is 1. The second-order valence-electron chi connectivity index (χ2n) is 3.42. The first kappa shape index (κ1) is 10.8. The van der Waals surface area contributed by atoms with Crippen molar-refractivity contribution in [3.8, 4) is 0 Å². The van der Waals surface area contributed by atoms with Crippen molar-refractivity contribution in [2.45, 2.75) is 24.9 Å². The molecule has 1 rings (SSSR count). The molecule has 0 aromatic carbocycles. The number of thioether (sulfide) groups is 1. The molecule has 0 amide bonds. The van der Waals surface area contributed by atoms with Gasteiger partial charge in [-0.1, -0.05) is 0 Å². The third-order valence-electron chi connectivity index (χ3n) is 2.23. The summed E-state index contributed by atoms with van der Waals surface area (Å²) < 4.78 is 0. The van der Waals surface area contributed by atoms with E-state index in [0.29, 0.717) is 12.2 Å². The van der Waals surface area contributed by atoms with Crippen LogP contribution in [0.3, 0.4) is 0 Å². The van der Waals surface area contributed by atoms with E-state index in [4.69, 9.17) is 10.2 Å². The van der Waals surface area contributed by atoms with E-state index in [0.717, 1.165) is 5.75 Å². The van der Waals surface area contributed by atoms with Crippen LogP contribution in [0.5, 0.6) is 0 Å². The molecule has 13 heavy (non-hydrogen) atoms. The molecule has 2 atom stereocenters. The van der Waals surface area contributed by atoms with E-state index >= 15 is 0 Å². The van der Waals surface area contributed by atoms with Crippen molar-refractivity contribution in [2.24, 2.45) is 0 Å². The highest BCUT2D eigenvalue weighted by Crippen LogP contribution is 2.28. The predicted octanol–water partition coefficient (Wildman–Crippen LogP) is -0.0829. The van der Waals surface area contributed by atoms with Gasteiger partial charge < -0.3 is 10.2 Å². The van der Waals surface area contributed by atoms with Gasteiger partial charge in [-0.25, -0.2) is 0 Å². The van der Waals surface area contributed by atoms with E-state index in [2.05, 4.69) is 5.32 Å². The van der Waals surface area contributed by atoms with E-state index < -0.39 is 11.5 Å².